The number of fused-ring (bicyclic) bond motifs is 2. The van der Waals surface area contributed by atoms with Crippen LogP contribution in [0.4, 0.5) is 11.4 Å². The Morgan fingerprint density at radius 3 is 1.51 bits per heavy atom. The molecule has 0 amide bonds. The van der Waals surface area contributed by atoms with Crippen molar-refractivity contribution in [1.82, 2.24) is 8.61 Å². The quantitative estimate of drug-likeness (QED) is 0.0672. The molecule has 2 aliphatic rings. The van der Waals surface area contributed by atoms with Crippen LogP contribution >= 0.6 is 0 Å². The second kappa shape index (κ2) is 16.2. The summed E-state index contributed by atoms with van der Waals surface area (Å²) in [6.45, 7) is 15.7. The number of sulfonamides is 2. The zero-order valence-electron chi connectivity index (χ0n) is 32.6. The van der Waals surface area contributed by atoms with Crippen molar-refractivity contribution in [3.8, 4) is 0 Å². The van der Waals surface area contributed by atoms with Crippen molar-refractivity contribution < 1.29 is 27.1 Å². The van der Waals surface area contributed by atoms with Gasteiger partial charge in [-0.05, 0) is 116 Å². The zero-order valence-corrected chi connectivity index (χ0v) is 34.2. The minimum absolute atomic E-state index is 0.00243. The molecule has 0 spiro atoms. The molecule has 2 saturated carbocycles. The predicted octanol–water partition coefficient (Wildman–Crippen LogP) is 9.18. The van der Waals surface area contributed by atoms with E-state index in [-0.39, 0.29) is 68.0 Å². The maximum absolute atomic E-state index is 14.5. The van der Waals surface area contributed by atoms with E-state index < -0.39 is 20.0 Å². The monoisotopic (exact) mass is 772 g/mol. The van der Waals surface area contributed by atoms with Crippen LogP contribution in [0.1, 0.15) is 113 Å². The summed E-state index contributed by atoms with van der Waals surface area (Å²) in [6.07, 6.45) is 7.64. The number of aliphatic hydroxyl groups excluding tert-OH is 1. The maximum atomic E-state index is 14.5. The van der Waals surface area contributed by atoms with Gasteiger partial charge in [-0.3, -0.25) is 10.7 Å². The van der Waals surface area contributed by atoms with Gasteiger partial charge in [-0.25, -0.2) is 16.8 Å². The van der Waals surface area contributed by atoms with E-state index in [0.29, 0.717) is 42.0 Å². The highest BCUT2D eigenvalue weighted by molar-refractivity contribution is 7.89. The second-order valence-electron chi connectivity index (χ2n) is 17.3. The van der Waals surface area contributed by atoms with Crippen molar-refractivity contribution in [2.75, 3.05) is 25.2 Å². The van der Waals surface area contributed by atoms with E-state index in [1.54, 1.807) is 20.7 Å². The molecule has 53 heavy (non-hydrogen) atoms. The van der Waals surface area contributed by atoms with Crippen LogP contribution < -0.4 is 5.48 Å². The third kappa shape index (κ3) is 8.45. The fourth-order valence-corrected chi connectivity index (χ4v) is 12.4. The minimum Gasteiger partial charge on any atom is -0.396 e. The number of rotatable bonds is 13. The van der Waals surface area contributed by atoms with Gasteiger partial charge < -0.3 is 5.11 Å². The molecule has 3 aromatic carbocycles. The highest BCUT2D eigenvalue weighted by Gasteiger charge is 2.38. The minimum atomic E-state index is -4.07. The van der Waals surface area contributed by atoms with Gasteiger partial charge in [0.25, 0.3) is 0 Å². The molecule has 0 unspecified atom stereocenters. The number of hydrogen-bond acceptors (Lipinski definition) is 9. The van der Waals surface area contributed by atoms with Crippen LogP contribution in [0.5, 0.6) is 0 Å². The summed E-state index contributed by atoms with van der Waals surface area (Å²) in [5.74, 6) is 1.01. The van der Waals surface area contributed by atoms with Gasteiger partial charge >= 0.3 is 0 Å². The summed E-state index contributed by atoms with van der Waals surface area (Å²) in [4.78, 5) is 12.7. The molecule has 11 nitrogen and oxygen atoms in total. The van der Waals surface area contributed by atoms with Gasteiger partial charge in [-0.1, -0.05) is 60.6 Å². The van der Waals surface area contributed by atoms with E-state index in [9.17, 15) is 32.1 Å². The summed E-state index contributed by atoms with van der Waals surface area (Å²) in [5.41, 5.74) is 2.61. The number of anilines is 1. The van der Waals surface area contributed by atoms with E-state index in [1.165, 1.54) is 24.3 Å². The van der Waals surface area contributed by atoms with E-state index >= 15 is 0 Å². The number of hydrogen-bond donors (Lipinski definition) is 3. The lowest BCUT2D eigenvalue weighted by molar-refractivity contribution is 0.133. The summed E-state index contributed by atoms with van der Waals surface area (Å²) in [6, 6.07) is 8.54. The normalized spacial score (nSPS) is 22.2. The fourth-order valence-electron chi connectivity index (χ4n) is 8.94. The van der Waals surface area contributed by atoms with Gasteiger partial charge in [0.2, 0.25) is 20.0 Å². The van der Waals surface area contributed by atoms with Crippen LogP contribution in [0.25, 0.3) is 21.5 Å². The zero-order chi connectivity index (χ0) is 38.9. The Labute approximate surface area is 316 Å². The molecule has 0 heterocycles. The third-order valence-electron chi connectivity index (χ3n) is 12.2. The third-order valence-corrected chi connectivity index (χ3v) is 16.2. The molecule has 3 N–H and O–H groups in total. The molecule has 2 aliphatic carbocycles. The molecule has 0 bridgehead atoms. The van der Waals surface area contributed by atoms with Crippen molar-refractivity contribution in [2.24, 2.45) is 27.8 Å². The van der Waals surface area contributed by atoms with Crippen molar-refractivity contribution >= 4 is 53.0 Å². The van der Waals surface area contributed by atoms with Crippen molar-refractivity contribution in [3.63, 3.8) is 0 Å². The molecular formula is C40H60N4O7S2. The Bertz CT molecular complexity index is 1990. The Morgan fingerprint density at radius 2 is 1.13 bits per heavy atom. The number of nitrogens with one attached hydrogen (secondary N) is 1. The maximum Gasteiger partial charge on any atom is 0.243 e. The molecule has 294 valence electrons. The largest absolute Gasteiger partial charge is 0.396 e. The first-order valence-corrected chi connectivity index (χ1v) is 22.2. The van der Waals surface area contributed by atoms with Gasteiger partial charge in [-0.15, -0.1) is 4.91 Å². The number of nitroso groups, excluding NO2 is 1. The Balaban J connectivity index is 1.56. The van der Waals surface area contributed by atoms with E-state index in [2.05, 4.69) is 52.2 Å². The molecule has 2 fully saturated rings. The highest BCUT2D eigenvalue weighted by Crippen LogP contribution is 2.45. The van der Waals surface area contributed by atoms with Crippen molar-refractivity contribution in [2.45, 2.75) is 135 Å². The first-order valence-electron chi connectivity index (χ1n) is 19.3. The predicted molar refractivity (Wildman–Crippen MR) is 212 cm³/mol. The summed E-state index contributed by atoms with van der Waals surface area (Å²) < 4.78 is 60.6. The van der Waals surface area contributed by atoms with Crippen LogP contribution in [-0.2, 0) is 20.0 Å². The summed E-state index contributed by atoms with van der Waals surface area (Å²) in [7, 11) is -8.06. The molecule has 0 aliphatic heterocycles. The standard InChI is InChI=1S/C40H60N4O7S2/c1-8-43(29-15-11-27(12-16-29)39(2,3)4)52(48,49)31-19-21-33-35(25-31)38(42-47)36-26-32(20-22-34(36)37(33)41-46)53(50,51)44(23-9-10-24-45)30-17-13-28(14-18-30)40(5,6)7/h19-22,25-30,41,45-46H,8-18,23-24H2,1-7H3. The molecular weight excluding hydrogens is 713 g/mol. The Kier molecular flexibility index (Phi) is 12.7. The Hall–Kier alpha value is -2.68. The van der Waals surface area contributed by atoms with Crippen molar-refractivity contribution in [1.29, 1.82) is 0 Å². The van der Waals surface area contributed by atoms with Gasteiger partial charge in [0, 0.05) is 53.3 Å². The first-order chi connectivity index (χ1) is 24.9. The SMILES string of the molecule is CCN(C1CCC(C(C)(C)C)CC1)S(=O)(=O)c1ccc2c(NO)c3ccc(S(=O)(=O)N(CCCCO)C4CCC(C(C)(C)C)CC4)cc3c(N=O)c2c1. The molecule has 0 radical (unpaired) electrons. The highest BCUT2D eigenvalue weighted by atomic mass is 32.2. The van der Waals surface area contributed by atoms with Gasteiger partial charge in [-0.2, -0.15) is 8.61 Å². The molecule has 0 aromatic heterocycles. The van der Waals surface area contributed by atoms with Crippen LogP contribution in [0.3, 0.4) is 0 Å². The topological polar surface area (TPSA) is 157 Å². The lowest BCUT2D eigenvalue weighted by atomic mass is 9.71. The van der Waals surface area contributed by atoms with E-state index in [1.807, 2.05) is 6.92 Å². The van der Waals surface area contributed by atoms with Gasteiger partial charge in [0.15, 0.2) is 0 Å². The van der Waals surface area contributed by atoms with Crippen LogP contribution in [-0.4, -0.2) is 67.5 Å². The first kappa shape index (κ1) is 41.5. The van der Waals surface area contributed by atoms with E-state index in [0.717, 1.165) is 51.4 Å². The average Bonchev–Trinajstić information content (AvgIpc) is 3.11. The molecule has 3 aromatic rings. The number of nitrogens with zero attached hydrogens (tertiary/aromatic N) is 3. The summed E-state index contributed by atoms with van der Waals surface area (Å²) >= 11 is 0. The van der Waals surface area contributed by atoms with Gasteiger partial charge in [0.05, 0.1) is 15.5 Å². The van der Waals surface area contributed by atoms with E-state index in [4.69, 9.17) is 0 Å². The van der Waals surface area contributed by atoms with Crippen LogP contribution in [0.2, 0.25) is 0 Å². The van der Waals surface area contributed by atoms with Gasteiger partial charge in [0.1, 0.15) is 5.69 Å². The number of aliphatic hydroxyl groups is 1. The smallest absolute Gasteiger partial charge is 0.243 e. The number of benzene rings is 3. The average molecular weight is 773 g/mol. The molecule has 0 atom stereocenters. The Morgan fingerprint density at radius 1 is 0.698 bits per heavy atom. The lowest BCUT2D eigenvalue weighted by Gasteiger charge is -2.40. The molecule has 13 heteroatoms. The fraction of sp³-hybridized carbons (Fsp3) is 0.650. The molecule has 0 saturated heterocycles. The number of unbranched alkanes of at least 4 members (excludes halogenated alkanes) is 1. The lowest BCUT2D eigenvalue weighted by Crippen LogP contribution is -2.44. The molecule has 5 rings (SSSR count). The van der Waals surface area contributed by atoms with Crippen molar-refractivity contribution in [3.05, 3.63) is 41.3 Å². The summed E-state index contributed by atoms with van der Waals surface area (Å²) in [5, 5.41) is 24.3. The second-order valence-corrected chi connectivity index (χ2v) is 21.1. The van der Waals surface area contributed by atoms with Crippen LogP contribution in [0.15, 0.2) is 51.4 Å². The van der Waals surface area contributed by atoms with Crippen LogP contribution in [0, 0.1) is 27.6 Å².